The van der Waals surface area contributed by atoms with Crippen LogP contribution >= 0.6 is 0 Å². The number of para-hydroxylation sites is 1. The zero-order valence-electron chi connectivity index (χ0n) is 14.4. The summed E-state index contributed by atoms with van der Waals surface area (Å²) in [5.74, 6) is 1.33. The van der Waals surface area contributed by atoms with E-state index in [-0.39, 0.29) is 0 Å². The van der Waals surface area contributed by atoms with E-state index < -0.39 is 5.72 Å². The SMILES string of the molecule is OC1(C2=CCC3C=CC=CC3=C2)N=C2N=CC=C3c4ccccc4N=C1N32. The van der Waals surface area contributed by atoms with Crippen molar-refractivity contribution in [2.75, 3.05) is 0 Å². The van der Waals surface area contributed by atoms with E-state index in [0.717, 1.165) is 28.9 Å². The van der Waals surface area contributed by atoms with Crippen molar-refractivity contribution in [2.24, 2.45) is 20.9 Å². The van der Waals surface area contributed by atoms with Gasteiger partial charge < -0.3 is 5.11 Å². The molecule has 1 aromatic carbocycles. The van der Waals surface area contributed by atoms with Crippen LogP contribution in [-0.2, 0) is 0 Å². The lowest BCUT2D eigenvalue weighted by Crippen LogP contribution is -2.45. The maximum atomic E-state index is 11.7. The molecule has 0 bridgehead atoms. The number of benzene rings is 1. The van der Waals surface area contributed by atoms with Gasteiger partial charge in [0.15, 0.2) is 5.84 Å². The Hall–Kier alpha value is -3.31. The molecular formula is C22H16N4O. The van der Waals surface area contributed by atoms with Crippen molar-refractivity contribution in [2.45, 2.75) is 12.1 Å². The van der Waals surface area contributed by atoms with Crippen LogP contribution in [0.25, 0.3) is 5.70 Å². The number of aliphatic imine (C=N–C) groups is 3. The molecule has 3 aliphatic heterocycles. The van der Waals surface area contributed by atoms with Gasteiger partial charge in [-0.1, -0.05) is 54.7 Å². The second-order valence-electron chi connectivity index (χ2n) is 7.09. The Morgan fingerprint density at radius 1 is 1.19 bits per heavy atom. The minimum absolute atomic E-state index is 0.362. The van der Waals surface area contributed by atoms with Crippen LogP contribution < -0.4 is 0 Å². The van der Waals surface area contributed by atoms with Crippen molar-refractivity contribution < 1.29 is 5.11 Å². The molecule has 0 saturated carbocycles. The summed E-state index contributed by atoms with van der Waals surface area (Å²) < 4.78 is 0. The number of hydrogen-bond donors (Lipinski definition) is 1. The fraction of sp³-hybridized carbons (Fsp3) is 0.136. The third-order valence-corrected chi connectivity index (χ3v) is 5.54. The highest BCUT2D eigenvalue weighted by Gasteiger charge is 2.51. The van der Waals surface area contributed by atoms with Crippen LogP contribution in [0.3, 0.4) is 0 Å². The lowest BCUT2D eigenvalue weighted by molar-refractivity contribution is 0.163. The van der Waals surface area contributed by atoms with Crippen LogP contribution in [0.1, 0.15) is 12.0 Å². The van der Waals surface area contributed by atoms with E-state index in [2.05, 4.69) is 34.3 Å². The van der Waals surface area contributed by atoms with Crippen molar-refractivity contribution >= 4 is 29.4 Å². The Labute approximate surface area is 156 Å². The van der Waals surface area contributed by atoms with E-state index in [9.17, 15) is 5.11 Å². The van der Waals surface area contributed by atoms with Crippen LogP contribution in [0.2, 0.25) is 0 Å². The molecule has 0 radical (unpaired) electrons. The topological polar surface area (TPSA) is 60.6 Å². The van der Waals surface area contributed by atoms with Crippen molar-refractivity contribution in [3.05, 3.63) is 83.5 Å². The van der Waals surface area contributed by atoms with Gasteiger partial charge >= 0.3 is 0 Å². The fourth-order valence-electron chi connectivity index (χ4n) is 4.19. The number of allylic oxidation sites excluding steroid dienone is 7. The molecule has 0 spiro atoms. The summed E-state index contributed by atoms with van der Waals surface area (Å²) >= 11 is 0. The van der Waals surface area contributed by atoms with Crippen LogP contribution in [0.5, 0.6) is 0 Å². The van der Waals surface area contributed by atoms with Gasteiger partial charge in [-0.25, -0.2) is 15.0 Å². The van der Waals surface area contributed by atoms with Gasteiger partial charge in [0.05, 0.1) is 11.4 Å². The highest BCUT2D eigenvalue weighted by Crippen LogP contribution is 2.44. The molecule has 0 fully saturated rings. The van der Waals surface area contributed by atoms with Gasteiger partial charge in [-0.2, -0.15) is 0 Å². The second-order valence-corrected chi connectivity index (χ2v) is 7.09. The van der Waals surface area contributed by atoms with Gasteiger partial charge in [0.1, 0.15) is 0 Å². The van der Waals surface area contributed by atoms with Gasteiger partial charge in [-0.05, 0) is 24.1 Å². The first kappa shape index (κ1) is 14.8. The normalized spacial score (nSPS) is 29.1. The predicted octanol–water partition coefficient (Wildman–Crippen LogP) is 3.51. The van der Waals surface area contributed by atoms with Crippen molar-refractivity contribution in [3.8, 4) is 0 Å². The third-order valence-electron chi connectivity index (χ3n) is 5.54. The quantitative estimate of drug-likeness (QED) is 0.841. The fourth-order valence-corrected chi connectivity index (χ4v) is 4.19. The summed E-state index contributed by atoms with van der Waals surface area (Å²) in [6, 6.07) is 7.93. The third kappa shape index (κ3) is 1.94. The number of guanidine groups is 1. The molecular weight excluding hydrogens is 336 g/mol. The number of fused-ring (bicyclic) bond motifs is 3. The summed E-state index contributed by atoms with van der Waals surface area (Å²) in [7, 11) is 0. The molecule has 6 rings (SSSR count). The summed E-state index contributed by atoms with van der Waals surface area (Å²) in [5.41, 5.74) is 3.20. The van der Waals surface area contributed by atoms with Gasteiger partial charge in [-0.15, -0.1) is 0 Å². The molecule has 2 aliphatic carbocycles. The van der Waals surface area contributed by atoms with Gasteiger partial charge in [-0.3, -0.25) is 4.90 Å². The standard InChI is InChI=1S/C22H16N4O/c27-22(16-10-9-14-5-1-2-6-15(14)13-16)20-24-18-8-4-3-7-17(18)19-11-12-23-21(25-22)26(19)20/h1-8,10-14,27H,9H2. The largest absolute Gasteiger partial charge is 0.359 e. The first-order valence-corrected chi connectivity index (χ1v) is 9.06. The molecule has 1 aromatic rings. The molecule has 130 valence electrons. The molecule has 2 atom stereocenters. The Balaban J connectivity index is 1.54. The van der Waals surface area contributed by atoms with E-state index in [1.165, 1.54) is 5.57 Å². The summed E-state index contributed by atoms with van der Waals surface area (Å²) in [6.45, 7) is 0. The maximum Gasteiger partial charge on any atom is 0.245 e. The van der Waals surface area contributed by atoms with Gasteiger partial charge in [0.25, 0.3) is 0 Å². The zero-order chi connectivity index (χ0) is 18.0. The molecule has 27 heavy (non-hydrogen) atoms. The average Bonchev–Trinajstić information content (AvgIpc) is 3.02. The van der Waals surface area contributed by atoms with Crippen molar-refractivity contribution in [1.29, 1.82) is 0 Å². The molecule has 5 nitrogen and oxygen atoms in total. The lowest BCUT2D eigenvalue weighted by Gasteiger charge is -2.33. The van der Waals surface area contributed by atoms with Crippen LogP contribution in [-0.4, -0.2) is 33.7 Å². The summed E-state index contributed by atoms with van der Waals surface area (Å²) in [4.78, 5) is 15.6. The first-order valence-electron chi connectivity index (χ1n) is 9.06. The number of hydrogen-bond acceptors (Lipinski definition) is 5. The molecule has 3 heterocycles. The Bertz CT molecular complexity index is 1130. The number of aliphatic hydroxyl groups is 1. The highest BCUT2D eigenvalue weighted by molar-refractivity contribution is 6.23. The number of nitrogens with zero attached hydrogens (tertiary/aromatic N) is 4. The second kappa shape index (κ2) is 5.11. The highest BCUT2D eigenvalue weighted by atomic mass is 16.3. The van der Waals surface area contributed by atoms with Crippen LogP contribution in [0, 0.1) is 5.92 Å². The van der Waals surface area contributed by atoms with Crippen LogP contribution in [0.4, 0.5) is 5.69 Å². The van der Waals surface area contributed by atoms with Gasteiger partial charge in [0, 0.05) is 23.3 Å². The van der Waals surface area contributed by atoms with Gasteiger partial charge in [0.2, 0.25) is 11.7 Å². The Kier molecular flexibility index (Phi) is 2.81. The Morgan fingerprint density at radius 2 is 2.11 bits per heavy atom. The van der Waals surface area contributed by atoms with E-state index in [4.69, 9.17) is 4.99 Å². The molecule has 5 heteroatoms. The molecule has 0 aromatic heterocycles. The Morgan fingerprint density at radius 3 is 3.07 bits per heavy atom. The zero-order valence-corrected chi connectivity index (χ0v) is 14.4. The lowest BCUT2D eigenvalue weighted by atomic mass is 9.82. The predicted molar refractivity (Wildman–Crippen MR) is 107 cm³/mol. The summed E-state index contributed by atoms with van der Waals surface area (Å²) in [6.07, 6.45) is 17.0. The molecule has 1 N–H and O–H groups in total. The minimum atomic E-state index is -1.53. The van der Waals surface area contributed by atoms with Crippen molar-refractivity contribution in [1.82, 2.24) is 4.90 Å². The smallest absolute Gasteiger partial charge is 0.245 e. The maximum absolute atomic E-state index is 11.7. The average molecular weight is 352 g/mol. The molecule has 0 saturated heterocycles. The number of amidine groups is 1. The van der Waals surface area contributed by atoms with Crippen LogP contribution in [0.15, 0.2) is 92.9 Å². The van der Waals surface area contributed by atoms with Crippen molar-refractivity contribution in [3.63, 3.8) is 0 Å². The molecule has 0 amide bonds. The summed E-state index contributed by atoms with van der Waals surface area (Å²) in [5, 5.41) is 11.7. The minimum Gasteiger partial charge on any atom is -0.359 e. The first-order chi connectivity index (χ1) is 13.2. The van der Waals surface area contributed by atoms with E-state index in [0.29, 0.717) is 17.7 Å². The number of rotatable bonds is 1. The van der Waals surface area contributed by atoms with E-state index in [1.807, 2.05) is 47.4 Å². The van der Waals surface area contributed by atoms with E-state index in [1.54, 1.807) is 6.21 Å². The molecule has 5 aliphatic rings. The van der Waals surface area contributed by atoms with E-state index >= 15 is 0 Å². The molecule has 2 unspecified atom stereocenters. The monoisotopic (exact) mass is 352 g/mol.